The largest absolute Gasteiger partial charge is 0.322 e. The van der Waals surface area contributed by atoms with Crippen LogP contribution in [-0.2, 0) is 20.4 Å². The maximum Gasteiger partial charge on any atom is 0.242 e. The lowest BCUT2D eigenvalue weighted by atomic mass is 10.0. The molecule has 1 unspecified atom stereocenters. The van der Waals surface area contributed by atoms with Gasteiger partial charge in [0.2, 0.25) is 5.91 Å². The minimum atomic E-state index is -3.91. The molecule has 1 aromatic rings. The van der Waals surface area contributed by atoms with E-state index in [0.29, 0.717) is 5.56 Å². The van der Waals surface area contributed by atoms with Crippen LogP contribution in [-0.4, -0.2) is 48.8 Å². The van der Waals surface area contributed by atoms with Crippen LogP contribution in [0.25, 0.3) is 0 Å². The van der Waals surface area contributed by atoms with Gasteiger partial charge in [0.25, 0.3) is 0 Å². The molecule has 1 saturated heterocycles. The SMILES string of the molecule is CC(C)(C(N)C(=O)N1C[C@@H](F)C[C@H]1C#N)S(=O)(=O)Cc1ccc(F)cc1. The predicted octanol–water partition coefficient (Wildman–Crippen LogP) is 1.31. The van der Waals surface area contributed by atoms with Crippen LogP contribution >= 0.6 is 0 Å². The van der Waals surface area contributed by atoms with Crippen molar-refractivity contribution in [3.8, 4) is 6.07 Å². The van der Waals surface area contributed by atoms with Gasteiger partial charge in [0, 0.05) is 6.42 Å². The molecule has 1 amide bonds. The van der Waals surface area contributed by atoms with E-state index in [2.05, 4.69) is 0 Å². The maximum atomic E-state index is 13.6. The molecule has 9 heteroatoms. The fourth-order valence-electron chi connectivity index (χ4n) is 2.81. The summed E-state index contributed by atoms with van der Waals surface area (Å²) < 4.78 is 50.5. The summed E-state index contributed by atoms with van der Waals surface area (Å²) in [4.78, 5) is 13.6. The Kier molecular flexibility index (Phi) is 5.68. The van der Waals surface area contributed by atoms with Crippen LogP contribution in [0.4, 0.5) is 8.78 Å². The molecule has 3 atom stereocenters. The number of rotatable bonds is 5. The molecular formula is C17H21F2N3O3S. The summed E-state index contributed by atoms with van der Waals surface area (Å²) in [5.74, 6) is -1.69. The Morgan fingerprint density at radius 3 is 2.54 bits per heavy atom. The zero-order valence-corrected chi connectivity index (χ0v) is 15.3. The Balaban J connectivity index is 2.22. The van der Waals surface area contributed by atoms with E-state index >= 15 is 0 Å². The second-order valence-corrected chi connectivity index (χ2v) is 9.51. The molecule has 1 fully saturated rings. The molecule has 0 radical (unpaired) electrons. The number of nitrogens with two attached hydrogens (primary N) is 1. The van der Waals surface area contributed by atoms with Gasteiger partial charge in [0.15, 0.2) is 9.84 Å². The molecule has 0 saturated carbocycles. The van der Waals surface area contributed by atoms with E-state index in [1.807, 2.05) is 6.07 Å². The van der Waals surface area contributed by atoms with E-state index in [4.69, 9.17) is 11.0 Å². The smallest absolute Gasteiger partial charge is 0.242 e. The first kappa shape index (κ1) is 20.3. The number of carbonyl (C=O) groups excluding carboxylic acids is 1. The Morgan fingerprint density at radius 2 is 2.00 bits per heavy atom. The third-order valence-corrected chi connectivity index (χ3v) is 7.34. The van der Waals surface area contributed by atoms with Crippen molar-refractivity contribution in [2.45, 2.75) is 49.0 Å². The highest BCUT2D eigenvalue weighted by molar-refractivity contribution is 7.92. The highest BCUT2D eigenvalue weighted by atomic mass is 32.2. The normalized spacial score (nSPS) is 22.1. The van der Waals surface area contributed by atoms with Crippen LogP contribution in [0.2, 0.25) is 0 Å². The monoisotopic (exact) mass is 385 g/mol. The number of alkyl halides is 1. The molecule has 6 nitrogen and oxygen atoms in total. The zero-order valence-electron chi connectivity index (χ0n) is 14.5. The van der Waals surface area contributed by atoms with Crippen LogP contribution < -0.4 is 5.73 Å². The summed E-state index contributed by atoms with van der Waals surface area (Å²) in [6.07, 6.45) is -1.45. The van der Waals surface area contributed by atoms with Crippen molar-refractivity contribution < 1.29 is 22.0 Å². The minimum absolute atomic E-state index is 0.113. The van der Waals surface area contributed by atoms with Crippen molar-refractivity contribution in [2.24, 2.45) is 5.73 Å². The lowest BCUT2D eigenvalue weighted by Crippen LogP contribution is -2.59. The van der Waals surface area contributed by atoms with Crippen molar-refractivity contribution >= 4 is 15.7 Å². The van der Waals surface area contributed by atoms with Crippen LogP contribution in [0.1, 0.15) is 25.8 Å². The first-order valence-corrected chi connectivity index (χ1v) is 9.71. The van der Waals surface area contributed by atoms with Crippen molar-refractivity contribution in [1.82, 2.24) is 4.90 Å². The summed E-state index contributed by atoms with van der Waals surface area (Å²) in [5.41, 5.74) is 6.30. The number of halogens is 2. The van der Waals surface area contributed by atoms with Gasteiger partial charge in [-0.1, -0.05) is 12.1 Å². The summed E-state index contributed by atoms with van der Waals surface area (Å²) in [5, 5.41) is 9.06. The average molecular weight is 385 g/mol. The third-order valence-electron chi connectivity index (χ3n) is 4.77. The van der Waals surface area contributed by atoms with Gasteiger partial charge in [-0.05, 0) is 31.5 Å². The average Bonchev–Trinajstić information content (AvgIpc) is 2.96. The van der Waals surface area contributed by atoms with Gasteiger partial charge in [0.05, 0.1) is 23.1 Å². The van der Waals surface area contributed by atoms with Gasteiger partial charge >= 0.3 is 0 Å². The van der Waals surface area contributed by atoms with Gasteiger partial charge in [0.1, 0.15) is 24.1 Å². The first-order chi connectivity index (χ1) is 12.0. The molecule has 0 aromatic heterocycles. The number of amides is 1. The molecule has 26 heavy (non-hydrogen) atoms. The van der Waals surface area contributed by atoms with Crippen molar-refractivity contribution in [3.05, 3.63) is 35.6 Å². The zero-order chi connectivity index (χ0) is 19.7. The highest BCUT2D eigenvalue weighted by Gasteiger charge is 2.47. The second-order valence-electron chi connectivity index (χ2n) is 6.94. The standard InChI is InChI=1S/C17H21F2N3O3S/c1-17(2,26(24,25)10-11-3-5-12(18)6-4-11)15(21)16(23)22-9-13(19)7-14(22)8-20/h3-6,13-15H,7,9-10,21H2,1-2H3/t13-,14-,15?/m0/s1. The number of hydrogen-bond acceptors (Lipinski definition) is 5. The van der Waals surface area contributed by atoms with Gasteiger partial charge < -0.3 is 10.6 Å². The molecule has 1 aliphatic heterocycles. The molecule has 142 valence electrons. The second kappa shape index (κ2) is 7.29. The van der Waals surface area contributed by atoms with E-state index in [0.717, 1.165) is 17.0 Å². The van der Waals surface area contributed by atoms with Crippen molar-refractivity contribution in [1.29, 1.82) is 5.26 Å². The van der Waals surface area contributed by atoms with E-state index < -0.39 is 50.3 Å². The molecule has 1 aromatic carbocycles. The molecule has 0 aliphatic carbocycles. The van der Waals surface area contributed by atoms with Gasteiger partial charge in [-0.3, -0.25) is 4.79 Å². The van der Waals surface area contributed by atoms with E-state index in [1.54, 1.807) is 0 Å². The highest BCUT2D eigenvalue weighted by Crippen LogP contribution is 2.28. The first-order valence-electron chi connectivity index (χ1n) is 8.06. The minimum Gasteiger partial charge on any atom is -0.322 e. The van der Waals surface area contributed by atoms with Crippen LogP contribution in [0.15, 0.2) is 24.3 Å². The lowest BCUT2D eigenvalue weighted by Gasteiger charge is -2.33. The molecule has 1 heterocycles. The Hall–Kier alpha value is -2.05. The van der Waals surface area contributed by atoms with Crippen LogP contribution in [0, 0.1) is 17.1 Å². The fourth-order valence-corrected chi connectivity index (χ4v) is 4.30. The Morgan fingerprint density at radius 1 is 1.42 bits per heavy atom. The third kappa shape index (κ3) is 3.86. The lowest BCUT2D eigenvalue weighted by molar-refractivity contribution is -0.133. The number of nitrogens with zero attached hydrogens (tertiary/aromatic N) is 2. The van der Waals surface area contributed by atoms with Crippen LogP contribution in [0.3, 0.4) is 0 Å². The Labute approximate surface area is 151 Å². The molecule has 1 aliphatic rings. The Bertz CT molecular complexity index is 819. The quantitative estimate of drug-likeness (QED) is 0.823. The van der Waals surface area contributed by atoms with Crippen LogP contribution in [0.5, 0.6) is 0 Å². The number of carbonyl (C=O) groups is 1. The van der Waals surface area contributed by atoms with Crippen molar-refractivity contribution in [3.63, 3.8) is 0 Å². The summed E-state index contributed by atoms with van der Waals surface area (Å²) in [6.45, 7) is 2.36. The predicted molar refractivity (Wildman–Crippen MR) is 91.7 cm³/mol. The van der Waals surface area contributed by atoms with E-state index in [-0.39, 0.29) is 13.0 Å². The molecule has 2 N–H and O–H groups in total. The number of hydrogen-bond donors (Lipinski definition) is 1. The molecule has 0 spiro atoms. The summed E-state index contributed by atoms with van der Waals surface area (Å²) >= 11 is 0. The topological polar surface area (TPSA) is 104 Å². The summed E-state index contributed by atoms with van der Waals surface area (Å²) in [6, 6.07) is 4.39. The molecular weight excluding hydrogens is 364 g/mol. The van der Waals surface area contributed by atoms with Gasteiger partial charge in [-0.25, -0.2) is 17.2 Å². The van der Waals surface area contributed by atoms with Crippen molar-refractivity contribution in [2.75, 3.05) is 6.54 Å². The number of likely N-dealkylation sites (tertiary alicyclic amines) is 1. The number of nitriles is 1. The van der Waals surface area contributed by atoms with Gasteiger partial charge in [-0.2, -0.15) is 5.26 Å². The number of sulfone groups is 1. The summed E-state index contributed by atoms with van der Waals surface area (Å²) in [7, 11) is -3.91. The maximum absolute atomic E-state index is 13.6. The molecule has 2 rings (SSSR count). The van der Waals surface area contributed by atoms with E-state index in [9.17, 15) is 22.0 Å². The molecule has 0 bridgehead atoms. The number of benzene rings is 1. The fraction of sp³-hybridized carbons (Fsp3) is 0.529. The van der Waals surface area contributed by atoms with E-state index in [1.165, 1.54) is 26.0 Å². The van der Waals surface area contributed by atoms with Gasteiger partial charge in [-0.15, -0.1) is 0 Å².